The van der Waals surface area contributed by atoms with Crippen LogP contribution in [0.15, 0.2) is 18.2 Å². The Hall–Kier alpha value is -1.53. The second-order valence-electron chi connectivity index (χ2n) is 7.53. The van der Waals surface area contributed by atoms with E-state index in [0.717, 1.165) is 32.2 Å². The zero-order valence-electron chi connectivity index (χ0n) is 15.3. The van der Waals surface area contributed by atoms with Crippen LogP contribution in [0.2, 0.25) is 0 Å². The summed E-state index contributed by atoms with van der Waals surface area (Å²) in [5.41, 5.74) is 6.41. The highest BCUT2D eigenvalue weighted by Gasteiger charge is 2.33. The monoisotopic (exact) mass is 366 g/mol. The minimum Gasteiger partial charge on any atom is -0.376 e. The van der Waals surface area contributed by atoms with E-state index < -0.39 is 11.6 Å². The molecular formula is C20H28F2N2O2. The maximum atomic E-state index is 14.0. The molecule has 1 saturated carbocycles. The largest absolute Gasteiger partial charge is 0.376 e. The van der Waals surface area contributed by atoms with Crippen molar-refractivity contribution in [3.63, 3.8) is 0 Å². The van der Waals surface area contributed by atoms with Gasteiger partial charge in [-0.05, 0) is 56.6 Å². The van der Waals surface area contributed by atoms with Crippen molar-refractivity contribution in [2.24, 2.45) is 5.73 Å². The molecule has 4 nitrogen and oxygen atoms in total. The van der Waals surface area contributed by atoms with Crippen LogP contribution in [0.5, 0.6) is 0 Å². The molecule has 2 N–H and O–H groups in total. The van der Waals surface area contributed by atoms with E-state index in [2.05, 4.69) is 0 Å². The molecule has 1 heterocycles. The first-order chi connectivity index (χ1) is 12.5. The number of rotatable bonds is 4. The van der Waals surface area contributed by atoms with Crippen LogP contribution >= 0.6 is 0 Å². The quantitative estimate of drug-likeness (QED) is 0.889. The molecule has 6 heteroatoms. The number of carbonyl (C=O) groups excluding carboxylic acids is 1. The molecule has 1 aromatic carbocycles. The van der Waals surface area contributed by atoms with E-state index in [0.29, 0.717) is 19.4 Å². The van der Waals surface area contributed by atoms with Crippen molar-refractivity contribution in [3.8, 4) is 0 Å². The van der Waals surface area contributed by atoms with E-state index in [1.807, 2.05) is 4.90 Å². The van der Waals surface area contributed by atoms with Gasteiger partial charge < -0.3 is 15.4 Å². The minimum atomic E-state index is -0.459. The highest BCUT2D eigenvalue weighted by Crippen LogP contribution is 2.36. The number of hydrogen-bond donors (Lipinski definition) is 1. The van der Waals surface area contributed by atoms with Crippen molar-refractivity contribution in [1.29, 1.82) is 0 Å². The fraction of sp³-hybridized carbons (Fsp3) is 0.650. The summed E-state index contributed by atoms with van der Waals surface area (Å²) in [6.07, 6.45) is 4.82. The second-order valence-corrected chi connectivity index (χ2v) is 7.53. The molecule has 0 aromatic heterocycles. The van der Waals surface area contributed by atoms with Crippen LogP contribution in [-0.2, 0) is 9.53 Å². The lowest BCUT2D eigenvalue weighted by molar-refractivity contribution is -0.135. The normalized spacial score (nSPS) is 29.6. The molecule has 3 rings (SSSR count). The Bertz CT molecular complexity index is 612. The van der Waals surface area contributed by atoms with Gasteiger partial charge in [0.15, 0.2) is 0 Å². The standard InChI is InChI=1S/C20H28F2N2O2/c1-13(25)24-11-3-6-18(23)19(24)12-26-15-9-7-14(8-10-15)20-16(21)4-2-5-17(20)22/h2,4-5,14-15,18-19H,3,6-12,23H2,1H3/t14-,15+,18-,19-/m0/s1. The van der Waals surface area contributed by atoms with Gasteiger partial charge in [-0.15, -0.1) is 0 Å². The molecule has 1 aliphatic carbocycles. The Morgan fingerprint density at radius 2 is 1.85 bits per heavy atom. The first kappa shape index (κ1) is 19.2. The summed E-state index contributed by atoms with van der Waals surface area (Å²) in [5.74, 6) is -0.978. The summed E-state index contributed by atoms with van der Waals surface area (Å²) in [4.78, 5) is 13.6. The van der Waals surface area contributed by atoms with Crippen molar-refractivity contribution < 1.29 is 18.3 Å². The summed E-state index contributed by atoms with van der Waals surface area (Å²) >= 11 is 0. The van der Waals surface area contributed by atoms with Crippen LogP contribution in [0.1, 0.15) is 56.9 Å². The van der Waals surface area contributed by atoms with Crippen molar-refractivity contribution in [3.05, 3.63) is 35.4 Å². The van der Waals surface area contributed by atoms with E-state index in [1.165, 1.54) is 18.2 Å². The van der Waals surface area contributed by atoms with Gasteiger partial charge in [-0.25, -0.2) is 8.78 Å². The number of nitrogens with two attached hydrogens (primary N) is 1. The predicted octanol–water partition coefficient (Wildman–Crippen LogP) is 3.35. The molecule has 0 radical (unpaired) electrons. The molecule has 2 aliphatic rings. The molecule has 0 spiro atoms. The molecule has 144 valence electrons. The lowest BCUT2D eigenvalue weighted by Crippen LogP contribution is -2.56. The third-order valence-electron chi connectivity index (χ3n) is 5.82. The molecule has 2 atom stereocenters. The number of likely N-dealkylation sites (tertiary alicyclic amines) is 1. The number of amides is 1. The van der Waals surface area contributed by atoms with Gasteiger partial charge in [-0.3, -0.25) is 4.79 Å². The van der Waals surface area contributed by atoms with Gasteiger partial charge in [0.05, 0.1) is 18.8 Å². The van der Waals surface area contributed by atoms with Crippen molar-refractivity contribution in [2.45, 2.75) is 69.6 Å². The van der Waals surface area contributed by atoms with Crippen LogP contribution in [-0.4, -0.2) is 42.1 Å². The van der Waals surface area contributed by atoms with Gasteiger partial charge in [-0.1, -0.05) is 6.07 Å². The number of halogens is 2. The van der Waals surface area contributed by atoms with Gasteiger partial charge in [0, 0.05) is 25.1 Å². The van der Waals surface area contributed by atoms with Gasteiger partial charge in [-0.2, -0.15) is 0 Å². The third-order valence-corrected chi connectivity index (χ3v) is 5.82. The van der Waals surface area contributed by atoms with Crippen LogP contribution in [0, 0.1) is 11.6 Å². The molecule has 2 fully saturated rings. The number of carbonyl (C=O) groups is 1. The van der Waals surface area contributed by atoms with Crippen LogP contribution < -0.4 is 5.73 Å². The number of hydrogen-bond acceptors (Lipinski definition) is 3. The third kappa shape index (κ3) is 4.23. The van der Waals surface area contributed by atoms with E-state index >= 15 is 0 Å². The van der Waals surface area contributed by atoms with Gasteiger partial charge in [0.1, 0.15) is 11.6 Å². The number of ether oxygens (including phenoxy) is 1. The molecule has 1 amide bonds. The van der Waals surface area contributed by atoms with E-state index in [-0.39, 0.29) is 35.6 Å². The lowest BCUT2D eigenvalue weighted by Gasteiger charge is -2.40. The maximum Gasteiger partial charge on any atom is 0.219 e. The molecule has 0 bridgehead atoms. The van der Waals surface area contributed by atoms with Gasteiger partial charge in [0.2, 0.25) is 5.91 Å². The van der Waals surface area contributed by atoms with Crippen LogP contribution in [0.3, 0.4) is 0 Å². The zero-order valence-corrected chi connectivity index (χ0v) is 15.3. The molecular weight excluding hydrogens is 338 g/mol. The Labute approximate surface area is 153 Å². The average Bonchev–Trinajstić information content (AvgIpc) is 2.61. The van der Waals surface area contributed by atoms with Gasteiger partial charge >= 0.3 is 0 Å². The summed E-state index contributed by atoms with van der Waals surface area (Å²) in [6.45, 7) is 2.74. The SMILES string of the molecule is CC(=O)N1CCC[C@H](N)[C@@H]1CO[C@H]1CC[C@@H](c2c(F)cccc2F)CC1. The molecule has 1 aromatic rings. The second kappa shape index (κ2) is 8.44. The van der Waals surface area contributed by atoms with E-state index in [9.17, 15) is 13.6 Å². The summed E-state index contributed by atoms with van der Waals surface area (Å²) < 4.78 is 34.0. The van der Waals surface area contributed by atoms with E-state index in [1.54, 1.807) is 6.92 Å². The fourth-order valence-corrected chi connectivity index (χ4v) is 4.34. The summed E-state index contributed by atoms with van der Waals surface area (Å²) in [6, 6.07) is 3.90. The highest BCUT2D eigenvalue weighted by molar-refractivity contribution is 5.73. The topological polar surface area (TPSA) is 55.6 Å². The molecule has 0 unspecified atom stereocenters. The van der Waals surface area contributed by atoms with Crippen molar-refractivity contribution >= 4 is 5.91 Å². The van der Waals surface area contributed by atoms with Gasteiger partial charge in [0.25, 0.3) is 0 Å². The lowest BCUT2D eigenvalue weighted by atomic mass is 9.82. The predicted molar refractivity (Wildman–Crippen MR) is 95.7 cm³/mol. The summed E-state index contributed by atoms with van der Waals surface area (Å²) in [5, 5.41) is 0. The minimum absolute atomic E-state index is 0.0347. The van der Waals surface area contributed by atoms with Crippen LogP contribution in [0.4, 0.5) is 8.78 Å². The Balaban J connectivity index is 1.53. The number of benzene rings is 1. The first-order valence-corrected chi connectivity index (χ1v) is 9.55. The smallest absolute Gasteiger partial charge is 0.219 e. The van der Waals surface area contributed by atoms with Crippen LogP contribution in [0.25, 0.3) is 0 Å². The number of piperidine rings is 1. The van der Waals surface area contributed by atoms with E-state index in [4.69, 9.17) is 10.5 Å². The Morgan fingerprint density at radius 3 is 2.46 bits per heavy atom. The Kier molecular flexibility index (Phi) is 6.24. The molecule has 1 aliphatic heterocycles. The molecule has 26 heavy (non-hydrogen) atoms. The number of nitrogens with zero attached hydrogens (tertiary/aromatic N) is 1. The van der Waals surface area contributed by atoms with Crippen molar-refractivity contribution in [2.75, 3.05) is 13.2 Å². The van der Waals surface area contributed by atoms with Crippen molar-refractivity contribution in [1.82, 2.24) is 4.90 Å². The average molecular weight is 366 g/mol. The summed E-state index contributed by atoms with van der Waals surface area (Å²) in [7, 11) is 0. The fourth-order valence-electron chi connectivity index (χ4n) is 4.34. The Morgan fingerprint density at radius 1 is 1.19 bits per heavy atom. The highest BCUT2D eigenvalue weighted by atomic mass is 19.1. The molecule has 1 saturated heterocycles. The zero-order chi connectivity index (χ0) is 18.7. The maximum absolute atomic E-state index is 14.0. The first-order valence-electron chi connectivity index (χ1n) is 9.55.